The van der Waals surface area contributed by atoms with E-state index in [-0.39, 0.29) is 12.3 Å². The highest BCUT2D eigenvalue weighted by molar-refractivity contribution is 5.78. The quantitative estimate of drug-likeness (QED) is 0.395. The highest BCUT2D eigenvalue weighted by atomic mass is 16.5. The first-order chi connectivity index (χ1) is 18.7. The predicted octanol–water partition coefficient (Wildman–Crippen LogP) is 5.37. The van der Waals surface area contributed by atoms with Crippen LogP contribution in [0.1, 0.15) is 54.8 Å². The molecule has 6 heteroatoms. The molecule has 0 spiro atoms. The highest BCUT2D eigenvalue weighted by Gasteiger charge is 2.21. The molecule has 1 N–H and O–H groups in total. The van der Waals surface area contributed by atoms with Crippen LogP contribution >= 0.6 is 0 Å². The number of nitrogens with zero attached hydrogens (tertiary/aromatic N) is 2. The van der Waals surface area contributed by atoms with Crippen molar-refractivity contribution >= 4 is 5.91 Å². The minimum absolute atomic E-state index is 0.0210. The lowest BCUT2D eigenvalue weighted by atomic mass is 9.83. The summed E-state index contributed by atoms with van der Waals surface area (Å²) in [6.45, 7) is 5.75. The summed E-state index contributed by atoms with van der Waals surface area (Å²) in [5.41, 5.74) is 5.41. The predicted molar refractivity (Wildman–Crippen MR) is 150 cm³/mol. The molecule has 1 amide bonds. The molecule has 3 aromatic rings. The second-order valence-corrected chi connectivity index (χ2v) is 10.4. The van der Waals surface area contributed by atoms with Gasteiger partial charge in [0.2, 0.25) is 5.91 Å². The fraction of sp³-hybridized carbons (Fsp3) is 0.438. The van der Waals surface area contributed by atoms with Crippen LogP contribution in [0.3, 0.4) is 0 Å². The van der Waals surface area contributed by atoms with Gasteiger partial charge in [-0.25, -0.2) is 0 Å². The number of ether oxygens (including phenoxy) is 2. The molecular weight excluding hydrogens is 474 g/mol. The van der Waals surface area contributed by atoms with Crippen LogP contribution in [0, 0.1) is 0 Å². The number of nitrogens with one attached hydrogen (secondary N) is 1. The second-order valence-electron chi connectivity index (χ2n) is 10.4. The molecule has 200 valence electrons. The number of morpholine rings is 1. The summed E-state index contributed by atoms with van der Waals surface area (Å²) < 4.78 is 11.8. The van der Waals surface area contributed by atoms with Crippen molar-refractivity contribution in [2.24, 2.45) is 0 Å². The minimum atomic E-state index is -0.0210. The second kappa shape index (κ2) is 13.5. The number of amides is 1. The lowest BCUT2D eigenvalue weighted by molar-refractivity contribution is -0.120. The Labute approximate surface area is 226 Å². The fourth-order valence-corrected chi connectivity index (χ4v) is 5.42. The summed E-state index contributed by atoms with van der Waals surface area (Å²) in [7, 11) is 0. The number of carbonyl (C=O) groups excluding carboxylic acids is 1. The lowest BCUT2D eigenvalue weighted by Crippen LogP contribution is -2.38. The molecule has 0 unspecified atom stereocenters. The third-order valence-corrected chi connectivity index (χ3v) is 7.66. The van der Waals surface area contributed by atoms with Crippen molar-refractivity contribution in [3.05, 3.63) is 83.7 Å². The number of benzene rings is 2. The van der Waals surface area contributed by atoms with Crippen LogP contribution in [0.2, 0.25) is 0 Å². The van der Waals surface area contributed by atoms with E-state index in [2.05, 4.69) is 39.5 Å². The van der Waals surface area contributed by atoms with Crippen LogP contribution < -0.4 is 10.1 Å². The highest BCUT2D eigenvalue weighted by Crippen LogP contribution is 2.39. The third kappa shape index (κ3) is 7.42. The molecule has 2 aliphatic rings. The van der Waals surface area contributed by atoms with Gasteiger partial charge in [0, 0.05) is 43.6 Å². The summed E-state index contributed by atoms with van der Waals surface area (Å²) in [6, 6.07) is 20.6. The molecule has 1 aliphatic heterocycles. The summed E-state index contributed by atoms with van der Waals surface area (Å²) >= 11 is 0. The molecule has 6 nitrogen and oxygen atoms in total. The van der Waals surface area contributed by atoms with Crippen molar-refractivity contribution in [3.8, 4) is 16.9 Å². The summed E-state index contributed by atoms with van der Waals surface area (Å²) in [5.74, 6) is 1.54. The molecule has 0 radical (unpaired) electrons. The molecule has 38 heavy (non-hydrogen) atoms. The SMILES string of the molecule is O=C(Cc1ccc(-c2ccc(OCCN3CCOCC3)c(C3CCCCC3)c2)cn1)NCc1ccccc1. The number of hydrogen-bond donors (Lipinski definition) is 1. The summed E-state index contributed by atoms with van der Waals surface area (Å²) in [6.07, 6.45) is 8.50. The maximum Gasteiger partial charge on any atom is 0.226 e. The molecule has 2 aromatic carbocycles. The van der Waals surface area contributed by atoms with Gasteiger partial charge in [0.15, 0.2) is 0 Å². The van der Waals surface area contributed by atoms with Crippen molar-refractivity contribution in [1.82, 2.24) is 15.2 Å². The third-order valence-electron chi connectivity index (χ3n) is 7.66. The van der Waals surface area contributed by atoms with E-state index >= 15 is 0 Å². The Morgan fingerprint density at radius 2 is 1.76 bits per heavy atom. The maximum atomic E-state index is 12.4. The number of hydrogen-bond acceptors (Lipinski definition) is 5. The van der Waals surface area contributed by atoms with E-state index in [1.165, 1.54) is 37.7 Å². The molecule has 1 aliphatic carbocycles. The van der Waals surface area contributed by atoms with Gasteiger partial charge in [0.1, 0.15) is 12.4 Å². The van der Waals surface area contributed by atoms with Gasteiger partial charge in [-0.15, -0.1) is 0 Å². The van der Waals surface area contributed by atoms with Gasteiger partial charge in [0.25, 0.3) is 0 Å². The Morgan fingerprint density at radius 1 is 0.974 bits per heavy atom. The molecule has 5 rings (SSSR count). The van der Waals surface area contributed by atoms with Crippen LogP contribution in [-0.4, -0.2) is 55.2 Å². The van der Waals surface area contributed by atoms with Crippen LogP contribution in [0.5, 0.6) is 5.75 Å². The topological polar surface area (TPSA) is 63.7 Å². The zero-order valence-corrected chi connectivity index (χ0v) is 22.2. The Morgan fingerprint density at radius 3 is 2.53 bits per heavy atom. The molecular formula is C32H39N3O3. The van der Waals surface area contributed by atoms with Gasteiger partial charge in [-0.2, -0.15) is 0 Å². The van der Waals surface area contributed by atoms with E-state index in [1.54, 1.807) is 0 Å². The first kappa shape index (κ1) is 26.4. The molecule has 2 fully saturated rings. The van der Waals surface area contributed by atoms with Crippen molar-refractivity contribution in [2.45, 2.75) is 51.0 Å². The average Bonchev–Trinajstić information content (AvgIpc) is 2.98. The first-order valence-corrected chi connectivity index (χ1v) is 14.1. The van der Waals surface area contributed by atoms with Gasteiger partial charge in [-0.05, 0) is 53.6 Å². The van der Waals surface area contributed by atoms with Gasteiger partial charge in [-0.3, -0.25) is 14.7 Å². The number of aromatic nitrogens is 1. The monoisotopic (exact) mass is 513 g/mol. The Kier molecular flexibility index (Phi) is 9.40. The zero-order chi connectivity index (χ0) is 26.0. The smallest absolute Gasteiger partial charge is 0.226 e. The van der Waals surface area contributed by atoms with Crippen LogP contribution in [0.4, 0.5) is 0 Å². The van der Waals surface area contributed by atoms with E-state index in [4.69, 9.17) is 9.47 Å². The number of carbonyl (C=O) groups is 1. The summed E-state index contributed by atoms with van der Waals surface area (Å²) in [4.78, 5) is 19.4. The normalized spacial score (nSPS) is 16.7. The minimum Gasteiger partial charge on any atom is -0.492 e. The molecule has 1 saturated carbocycles. The van der Waals surface area contributed by atoms with E-state index in [9.17, 15) is 4.79 Å². The van der Waals surface area contributed by atoms with Crippen molar-refractivity contribution in [2.75, 3.05) is 39.5 Å². The summed E-state index contributed by atoms with van der Waals surface area (Å²) in [5, 5.41) is 2.98. The van der Waals surface area contributed by atoms with Gasteiger partial charge < -0.3 is 14.8 Å². The number of pyridine rings is 1. The van der Waals surface area contributed by atoms with Crippen LogP contribution in [0.15, 0.2) is 66.9 Å². The Bertz CT molecular complexity index is 1150. The molecule has 2 heterocycles. The van der Waals surface area contributed by atoms with Gasteiger partial charge in [-0.1, -0.05) is 61.7 Å². The average molecular weight is 514 g/mol. The van der Waals surface area contributed by atoms with E-state index in [1.807, 2.05) is 42.6 Å². The van der Waals surface area contributed by atoms with Crippen LogP contribution in [0.25, 0.3) is 11.1 Å². The van der Waals surface area contributed by atoms with E-state index in [0.717, 1.165) is 61.0 Å². The molecule has 0 bridgehead atoms. The molecule has 1 aromatic heterocycles. The fourth-order valence-electron chi connectivity index (χ4n) is 5.42. The van der Waals surface area contributed by atoms with Gasteiger partial charge >= 0.3 is 0 Å². The van der Waals surface area contributed by atoms with Crippen LogP contribution in [-0.2, 0) is 22.5 Å². The Hall–Kier alpha value is -3.22. The first-order valence-electron chi connectivity index (χ1n) is 14.1. The Balaban J connectivity index is 1.23. The van der Waals surface area contributed by atoms with Crippen molar-refractivity contribution < 1.29 is 14.3 Å². The van der Waals surface area contributed by atoms with Crippen molar-refractivity contribution in [1.29, 1.82) is 0 Å². The molecule has 1 saturated heterocycles. The zero-order valence-electron chi connectivity index (χ0n) is 22.2. The number of rotatable bonds is 10. The van der Waals surface area contributed by atoms with Gasteiger partial charge in [0.05, 0.1) is 19.6 Å². The maximum absolute atomic E-state index is 12.4. The lowest BCUT2D eigenvalue weighted by Gasteiger charge is -2.28. The van der Waals surface area contributed by atoms with E-state index in [0.29, 0.717) is 19.1 Å². The van der Waals surface area contributed by atoms with E-state index < -0.39 is 0 Å². The standard InChI is InChI=1S/C32H39N3O3/c36-32(34-23-25-7-3-1-4-8-25)22-29-13-11-28(24-33-29)27-12-14-31(30(21-27)26-9-5-2-6-10-26)38-20-17-35-15-18-37-19-16-35/h1,3-4,7-8,11-14,21,24,26H,2,5-6,9-10,15-20,22-23H2,(H,34,36). The largest absolute Gasteiger partial charge is 0.492 e. The van der Waals surface area contributed by atoms with Crippen molar-refractivity contribution in [3.63, 3.8) is 0 Å². The molecule has 0 atom stereocenters.